The van der Waals surface area contributed by atoms with Crippen LogP contribution in [0.25, 0.3) is 0 Å². The molecular formula is C13H19NO. The van der Waals surface area contributed by atoms with E-state index in [1.54, 1.807) is 7.11 Å². The van der Waals surface area contributed by atoms with Gasteiger partial charge < -0.3 is 10.5 Å². The fraction of sp³-hybridized carbons (Fsp3) is 0.538. The van der Waals surface area contributed by atoms with Crippen molar-refractivity contribution in [3.05, 3.63) is 29.3 Å². The van der Waals surface area contributed by atoms with Crippen LogP contribution in [0.4, 0.5) is 0 Å². The van der Waals surface area contributed by atoms with Gasteiger partial charge in [-0.05, 0) is 41.5 Å². The zero-order valence-corrected chi connectivity index (χ0v) is 9.71. The van der Waals surface area contributed by atoms with Crippen LogP contribution >= 0.6 is 0 Å². The highest BCUT2D eigenvalue weighted by Gasteiger charge is 2.31. The average Bonchev–Trinajstić information content (AvgIpc) is 2.24. The summed E-state index contributed by atoms with van der Waals surface area (Å²) in [4.78, 5) is 0. The molecule has 0 amide bonds. The normalized spacial score (nSPS) is 23.3. The molecule has 0 bridgehead atoms. The molecule has 0 radical (unpaired) electrons. The van der Waals surface area contributed by atoms with Crippen molar-refractivity contribution in [2.75, 3.05) is 7.11 Å². The van der Waals surface area contributed by atoms with Crippen LogP contribution in [0.5, 0.6) is 5.75 Å². The molecule has 2 nitrogen and oxygen atoms in total. The van der Waals surface area contributed by atoms with Gasteiger partial charge in [-0.2, -0.15) is 0 Å². The van der Waals surface area contributed by atoms with Gasteiger partial charge in [-0.3, -0.25) is 0 Å². The van der Waals surface area contributed by atoms with Crippen molar-refractivity contribution in [2.24, 2.45) is 5.73 Å². The fourth-order valence-corrected chi connectivity index (χ4v) is 2.38. The zero-order valence-electron chi connectivity index (χ0n) is 9.71. The van der Waals surface area contributed by atoms with Crippen LogP contribution in [-0.4, -0.2) is 7.11 Å². The lowest BCUT2D eigenvalue weighted by Gasteiger charge is -2.35. The van der Waals surface area contributed by atoms with Crippen molar-refractivity contribution in [1.29, 1.82) is 0 Å². The highest BCUT2D eigenvalue weighted by Crippen LogP contribution is 2.41. The van der Waals surface area contributed by atoms with E-state index in [1.807, 2.05) is 6.07 Å². The van der Waals surface area contributed by atoms with E-state index < -0.39 is 0 Å². The number of fused-ring (bicyclic) bond motifs is 1. The molecular weight excluding hydrogens is 186 g/mol. The quantitative estimate of drug-likeness (QED) is 0.765. The Hall–Kier alpha value is -1.02. The van der Waals surface area contributed by atoms with Gasteiger partial charge in [0.05, 0.1) is 7.11 Å². The minimum atomic E-state index is 0.193. The Bertz CT molecular complexity index is 371. The Morgan fingerprint density at radius 2 is 2.13 bits per heavy atom. The van der Waals surface area contributed by atoms with Crippen LogP contribution in [0.15, 0.2) is 18.2 Å². The zero-order chi connectivity index (χ0) is 11.1. The molecule has 0 saturated heterocycles. The van der Waals surface area contributed by atoms with Gasteiger partial charge in [0.1, 0.15) is 5.75 Å². The molecule has 0 aromatic heterocycles. The van der Waals surface area contributed by atoms with E-state index in [0.29, 0.717) is 0 Å². The minimum absolute atomic E-state index is 0.193. The lowest BCUT2D eigenvalue weighted by Crippen LogP contribution is -2.29. The number of rotatable bonds is 1. The van der Waals surface area contributed by atoms with Crippen molar-refractivity contribution in [2.45, 2.75) is 38.1 Å². The maximum atomic E-state index is 6.12. The van der Waals surface area contributed by atoms with Gasteiger partial charge in [0.15, 0.2) is 0 Å². The maximum Gasteiger partial charge on any atom is 0.119 e. The number of methoxy groups -OCH3 is 1. The number of ether oxygens (including phenoxy) is 1. The molecule has 2 N–H and O–H groups in total. The van der Waals surface area contributed by atoms with Crippen LogP contribution in [0.1, 0.15) is 43.9 Å². The van der Waals surface area contributed by atoms with Crippen molar-refractivity contribution >= 4 is 0 Å². The Kier molecular flexibility index (Phi) is 2.47. The average molecular weight is 205 g/mol. The van der Waals surface area contributed by atoms with Crippen molar-refractivity contribution in [3.8, 4) is 5.75 Å². The molecule has 1 aromatic carbocycles. The summed E-state index contributed by atoms with van der Waals surface area (Å²) in [6.07, 6.45) is 2.22. The molecule has 2 heteroatoms. The summed E-state index contributed by atoms with van der Waals surface area (Å²) >= 11 is 0. The summed E-state index contributed by atoms with van der Waals surface area (Å²) < 4.78 is 5.27. The highest BCUT2D eigenvalue weighted by molar-refractivity contribution is 5.43. The van der Waals surface area contributed by atoms with E-state index in [4.69, 9.17) is 10.5 Å². The smallest absolute Gasteiger partial charge is 0.119 e. The predicted molar refractivity (Wildman–Crippen MR) is 62.2 cm³/mol. The summed E-state index contributed by atoms with van der Waals surface area (Å²) in [5.74, 6) is 0.927. The summed E-state index contributed by atoms with van der Waals surface area (Å²) in [6, 6.07) is 6.44. The van der Waals surface area contributed by atoms with Gasteiger partial charge in [-0.15, -0.1) is 0 Å². The van der Waals surface area contributed by atoms with E-state index >= 15 is 0 Å². The number of benzene rings is 1. The topological polar surface area (TPSA) is 35.2 Å². The molecule has 1 aliphatic carbocycles. The Morgan fingerprint density at radius 3 is 2.80 bits per heavy atom. The molecule has 1 atom stereocenters. The van der Waals surface area contributed by atoms with Gasteiger partial charge in [0, 0.05) is 6.04 Å². The minimum Gasteiger partial charge on any atom is -0.497 e. The second-order valence-corrected chi connectivity index (χ2v) is 4.98. The molecule has 82 valence electrons. The first-order chi connectivity index (χ1) is 7.04. The van der Waals surface area contributed by atoms with Crippen LogP contribution < -0.4 is 10.5 Å². The summed E-state index contributed by atoms with van der Waals surface area (Å²) in [7, 11) is 1.71. The van der Waals surface area contributed by atoms with Crippen LogP contribution in [0, 0.1) is 0 Å². The third-order valence-electron chi connectivity index (χ3n) is 3.47. The van der Waals surface area contributed by atoms with Crippen LogP contribution in [0.3, 0.4) is 0 Å². The van der Waals surface area contributed by atoms with E-state index in [2.05, 4.69) is 26.0 Å². The van der Waals surface area contributed by atoms with Gasteiger partial charge in [0.2, 0.25) is 0 Å². The van der Waals surface area contributed by atoms with Crippen LogP contribution in [0.2, 0.25) is 0 Å². The maximum absolute atomic E-state index is 6.12. The molecule has 0 fully saturated rings. The van der Waals surface area contributed by atoms with E-state index in [0.717, 1.165) is 18.6 Å². The summed E-state index contributed by atoms with van der Waals surface area (Å²) in [5.41, 5.74) is 8.97. The number of nitrogens with two attached hydrogens (primary N) is 1. The van der Waals surface area contributed by atoms with E-state index in [-0.39, 0.29) is 11.5 Å². The summed E-state index contributed by atoms with van der Waals surface area (Å²) in [5, 5.41) is 0. The van der Waals surface area contributed by atoms with Gasteiger partial charge in [-0.25, -0.2) is 0 Å². The largest absolute Gasteiger partial charge is 0.497 e. The third kappa shape index (κ3) is 1.74. The Balaban J connectivity index is 2.53. The second kappa shape index (κ2) is 3.53. The summed E-state index contributed by atoms with van der Waals surface area (Å²) in [6.45, 7) is 4.55. The Labute approximate surface area is 91.4 Å². The van der Waals surface area contributed by atoms with Crippen molar-refractivity contribution < 1.29 is 4.74 Å². The number of hydrogen-bond acceptors (Lipinski definition) is 2. The molecule has 0 heterocycles. The first kappa shape index (κ1) is 10.5. The lowest BCUT2D eigenvalue weighted by molar-refractivity contribution is 0.384. The van der Waals surface area contributed by atoms with Crippen LogP contribution in [-0.2, 0) is 5.41 Å². The molecule has 0 saturated carbocycles. The molecule has 0 spiro atoms. The van der Waals surface area contributed by atoms with Gasteiger partial charge in [-0.1, -0.05) is 19.9 Å². The van der Waals surface area contributed by atoms with E-state index in [9.17, 15) is 0 Å². The van der Waals surface area contributed by atoms with Gasteiger partial charge in [0.25, 0.3) is 0 Å². The SMILES string of the molecule is COc1ccc2c(c1)C(C)(C)CCC2N. The second-order valence-electron chi connectivity index (χ2n) is 4.98. The molecule has 0 aliphatic heterocycles. The molecule has 15 heavy (non-hydrogen) atoms. The first-order valence-electron chi connectivity index (χ1n) is 5.48. The van der Waals surface area contributed by atoms with E-state index in [1.165, 1.54) is 11.1 Å². The molecule has 1 unspecified atom stereocenters. The standard InChI is InChI=1S/C13H19NO/c1-13(2)7-6-12(14)10-5-4-9(15-3)8-11(10)13/h4-5,8,12H,6-7,14H2,1-3H3. The highest BCUT2D eigenvalue weighted by atomic mass is 16.5. The third-order valence-corrected chi connectivity index (χ3v) is 3.47. The molecule has 1 aromatic rings. The predicted octanol–water partition coefficient (Wildman–Crippen LogP) is 2.77. The lowest BCUT2D eigenvalue weighted by atomic mass is 9.71. The monoisotopic (exact) mass is 205 g/mol. The first-order valence-corrected chi connectivity index (χ1v) is 5.48. The fourth-order valence-electron chi connectivity index (χ4n) is 2.38. The van der Waals surface area contributed by atoms with Gasteiger partial charge >= 0.3 is 0 Å². The molecule has 1 aliphatic rings. The number of hydrogen-bond donors (Lipinski definition) is 1. The Morgan fingerprint density at radius 1 is 1.40 bits per heavy atom. The van der Waals surface area contributed by atoms with Crippen molar-refractivity contribution in [3.63, 3.8) is 0 Å². The van der Waals surface area contributed by atoms with Crippen molar-refractivity contribution in [1.82, 2.24) is 0 Å². The molecule has 2 rings (SSSR count).